The van der Waals surface area contributed by atoms with Crippen LogP contribution in [0.3, 0.4) is 0 Å². The van der Waals surface area contributed by atoms with Crippen molar-refractivity contribution in [3.63, 3.8) is 0 Å². The highest BCUT2D eigenvalue weighted by molar-refractivity contribution is 7.93. The average Bonchev–Trinajstić information content (AvgIpc) is 2.71. The summed E-state index contributed by atoms with van der Waals surface area (Å²) < 4.78 is 29.3. The molecule has 0 aliphatic carbocycles. The third-order valence-electron chi connectivity index (χ3n) is 5.34. The quantitative estimate of drug-likeness (QED) is 0.828. The van der Waals surface area contributed by atoms with Gasteiger partial charge >= 0.3 is 0 Å². The molecule has 3 rings (SSSR count). The highest BCUT2D eigenvalue weighted by Crippen LogP contribution is 2.44. The Morgan fingerprint density at radius 2 is 2.04 bits per heavy atom. The second-order valence-electron chi connectivity index (χ2n) is 6.68. The Morgan fingerprint density at radius 3 is 2.70 bits per heavy atom. The molecule has 2 fully saturated rings. The van der Waals surface area contributed by atoms with Crippen LogP contribution in [-0.2, 0) is 25.8 Å². The molecule has 1 aromatic carbocycles. The molecule has 126 valence electrons. The zero-order valence-electron chi connectivity index (χ0n) is 13.6. The largest absolute Gasteiger partial charge is 0.384 e. The molecule has 1 amide bonds. The van der Waals surface area contributed by atoms with E-state index >= 15 is 0 Å². The Kier molecular flexibility index (Phi) is 4.23. The van der Waals surface area contributed by atoms with Gasteiger partial charge in [-0.15, -0.1) is 0 Å². The van der Waals surface area contributed by atoms with E-state index in [1.54, 1.807) is 12.0 Å². The summed E-state index contributed by atoms with van der Waals surface area (Å²) in [7, 11) is -1.55. The number of benzene rings is 1. The Bertz CT molecular complexity index is 707. The van der Waals surface area contributed by atoms with Crippen molar-refractivity contribution >= 4 is 15.7 Å². The van der Waals surface area contributed by atoms with Crippen LogP contribution in [0.15, 0.2) is 24.3 Å². The molecule has 2 saturated heterocycles. The number of aryl methyl sites for hydroxylation is 1. The molecule has 1 unspecified atom stereocenters. The predicted molar refractivity (Wildman–Crippen MR) is 88.0 cm³/mol. The van der Waals surface area contributed by atoms with Crippen molar-refractivity contribution < 1.29 is 17.9 Å². The van der Waals surface area contributed by atoms with Gasteiger partial charge in [0.15, 0.2) is 9.84 Å². The molecule has 6 heteroatoms. The molecular weight excluding hydrogens is 314 g/mol. The first-order valence-electron chi connectivity index (χ1n) is 7.93. The maximum atomic E-state index is 12.5. The van der Waals surface area contributed by atoms with Crippen LogP contribution in [0.25, 0.3) is 0 Å². The minimum Gasteiger partial charge on any atom is -0.384 e. The van der Waals surface area contributed by atoms with Crippen LogP contribution in [0.5, 0.6) is 0 Å². The van der Waals surface area contributed by atoms with Crippen molar-refractivity contribution in [2.24, 2.45) is 5.92 Å². The molecule has 1 atom stereocenters. The molecule has 2 aliphatic heterocycles. The number of nitrogens with zero attached hydrogens (tertiary/aromatic N) is 1. The van der Waals surface area contributed by atoms with Gasteiger partial charge in [0.1, 0.15) is 4.75 Å². The van der Waals surface area contributed by atoms with Gasteiger partial charge in [0, 0.05) is 26.1 Å². The van der Waals surface area contributed by atoms with Gasteiger partial charge < -0.3 is 9.64 Å². The number of likely N-dealkylation sites (tertiary alicyclic amines) is 1. The lowest BCUT2D eigenvalue weighted by Gasteiger charge is -2.49. The number of carbonyl (C=O) groups is 1. The number of hydrogen-bond donors (Lipinski definition) is 0. The maximum absolute atomic E-state index is 12.5. The predicted octanol–water partition coefficient (Wildman–Crippen LogP) is 1.20. The molecular formula is C17H23NO4S. The van der Waals surface area contributed by atoms with E-state index in [0.717, 1.165) is 11.1 Å². The van der Waals surface area contributed by atoms with Gasteiger partial charge in [-0.05, 0) is 24.5 Å². The minimum atomic E-state index is -3.14. The Balaban J connectivity index is 1.70. The minimum absolute atomic E-state index is 0.0000106. The fourth-order valence-electron chi connectivity index (χ4n) is 3.77. The number of ether oxygens (including phenoxy) is 1. The van der Waals surface area contributed by atoms with E-state index in [2.05, 4.69) is 0 Å². The van der Waals surface area contributed by atoms with Crippen molar-refractivity contribution in [1.82, 2.24) is 4.90 Å². The van der Waals surface area contributed by atoms with Crippen molar-refractivity contribution in [3.05, 3.63) is 35.4 Å². The lowest BCUT2D eigenvalue weighted by atomic mass is 9.83. The first kappa shape index (κ1) is 16.5. The smallest absolute Gasteiger partial charge is 0.227 e. The summed E-state index contributed by atoms with van der Waals surface area (Å²) in [5.74, 6) is 0.212. The van der Waals surface area contributed by atoms with Gasteiger partial charge in [-0.25, -0.2) is 8.42 Å². The van der Waals surface area contributed by atoms with Gasteiger partial charge in [0.05, 0.1) is 18.8 Å². The summed E-state index contributed by atoms with van der Waals surface area (Å²) in [5.41, 5.74) is 2.09. The molecule has 0 N–H and O–H groups in total. The molecule has 5 nitrogen and oxygen atoms in total. The summed E-state index contributed by atoms with van der Waals surface area (Å²) in [6, 6.07) is 7.80. The molecule has 23 heavy (non-hydrogen) atoms. The lowest BCUT2D eigenvalue weighted by molar-refractivity contribution is -0.137. The van der Waals surface area contributed by atoms with Crippen LogP contribution >= 0.6 is 0 Å². The first-order valence-corrected chi connectivity index (χ1v) is 9.58. The van der Waals surface area contributed by atoms with Gasteiger partial charge in [-0.1, -0.05) is 24.3 Å². The summed E-state index contributed by atoms with van der Waals surface area (Å²) >= 11 is 0. The standard InChI is InChI=1S/C17H23NO4S/c1-13-5-3-4-6-14(13)9-16(19)18-11-17(12-18)15(10-22-2)7-8-23(17,20)21/h3-6,15H,7-12H2,1-2H3. The fraction of sp³-hybridized carbons (Fsp3) is 0.588. The topological polar surface area (TPSA) is 63.7 Å². The van der Waals surface area contributed by atoms with Crippen LogP contribution in [0.4, 0.5) is 0 Å². The SMILES string of the molecule is COCC1CCS(=O)(=O)C12CN(C(=O)Cc1ccccc1C)C2. The van der Waals surface area contributed by atoms with E-state index < -0.39 is 14.6 Å². The highest BCUT2D eigenvalue weighted by atomic mass is 32.2. The number of hydrogen-bond acceptors (Lipinski definition) is 4. The maximum Gasteiger partial charge on any atom is 0.227 e. The van der Waals surface area contributed by atoms with Crippen molar-refractivity contribution in [2.45, 2.75) is 24.5 Å². The third kappa shape index (κ3) is 2.68. The highest BCUT2D eigenvalue weighted by Gasteiger charge is 2.62. The zero-order chi connectivity index (χ0) is 16.7. The number of methoxy groups -OCH3 is 1. The lowest BCUT2D eigenvalue weighted by Crippen LogP contribution is -2.69. The summed E-state index contributed by atoms with van der Waals surface area (Å²) in [6.07, 6.45) is 0.966. The third-order valence-corrected chi connectivity index (χ3v) is 7.94. The van der Waals surface area contributed by atoms with Crippen LogP contribution in [0.2, 0.25) is 0 Å². The molecule has 2 heterocycles. The molecule has 2 aliphatic rings. The summed E-state index contributed by atoms with van der Waals surface area (Å²) in [6.45, 7) is 3.05. The molecule has 1 aromatic rings. The van der Waals surface area contributed by atoms with Crippen molar-refractivity contribution in [1.29, 1.82) is 0 Å². The second kappa shape index (κ2) is 5.91. The molecule has 0 bridgehead atoms. The molecule has 0 aromatic heterocycles. The number of carbonyl (C=O) groups excluding carboxylic acids is 1. The van der Waals surface area contributed by atoms with Gasteiger partial charge in [-0.3, -0.25) is 4.79 Å². The molecule has 0 saturated carbocycles. The second-order valence-corrected chi connectivity index (χ2v) is 9.13. The molecule has 1 spiro atoms. The van der Waals surface area contributed by atoms with Gasteiger partial charge in [0.25, 0.3) is 0 Å². The van der Waals surface area contributed by atoms with Crippen LogP contribution in [-0.4, -0.2) is 56.5 Å². The average molecular weight is 337 g/mol. The monoisotopic (exact) mass is 337 g/mol. The zero-order valence-corrected chi connectivity index (χ0v) is 14.4. The van der Waals surface area contributed by atoms with Crippen molar-refractivity contribution in [2.75, 3.05) is 32.6 Å². The first-order chi connectivity index (χ1) is 10.9. The van der Waals surface area contributed by atoms with E-state index in [9.17, 15) is 13.2 Å². The Hall–Kier alpha value is -1.40. The number of amides is 1. The van der Waals surface area contributed by atoms with E-state index in [0.29, 0.717) is 32.5 Å². The van der Waals surface area contributed by atoms with Gasteiger partial charge in [0.2, 0.25) is 5.91 Å². The van der Waals surface area contributed by atoms with E-state index in [4.69, 9.17) is 4.74 Å². The summed E-state index contributed by atoms with van der Waals surface area (Å²) in [5, 5.41) is 0. The Morgan fingerprint density at radius 1 is 1.35 bits per heavy atom. The number of rotatable bonds is 4. The van der Waals surface area contributed by atoms with E-state index in [1.807, 2.05) is 31.2 Å². The fourth-order valence-corrected chi connectivity index (χ4v) is 6.17. The van der Waals surface area contributed by atoms with E-state index in [1.165, 1.54) is 0 Å². The Labute approximate surface area is 137 Å². The van der Waals surface area contributed by atoms with Crippen LogP contribution in [0, 0.1) is 12.8 Å². The van der Waals surface area contributed by atoms with Gasteiger partial charge in [-0.2, -0.15) is 0 Å². The van der Waals surface area contributed by atoms with Crippen LogP contribution in [0.1, 0.15) is 17.5 Å². The molecule has 0 radical (unpaired) electrons. The van der Waals surface area contributed by atoms with Crippen molar-refractivity contribution in [3.8, 4) is 0 Å². The normalized spacial score (nSPS) is 24.6. The van der Waals surface area contributed by atoms with E-state index in [-0.39, 0.29) is 17.6 Å². The van der Waals surface area contributed by atoms with Crippen LogP contribution < -0.4 is 0 Å². The summed E-state index contributed by atoms with van der Waals surface area (Å²) in [4.78, 5) is 14.1. The number of sulfone groups is 1.